The number of aromatic nitrogens is 2. The summed E-state index contributed by atoms with van der Waals surface area (Å²) in [4.78, 5) is 20.9. The highest BCUT2D eigenvalue weighted by Crippen LogP contribution is 2.49. The Balaban J connectivity index is 1.32. The monoisotopic (exact) mass is 845 g/mol. The van der Waals surface area contributed by atoms with Crippen molar-refractivity contribution in [3.63, 3.8) is 0 Å². The van der Waals surface area contributed by atoms with Gasteiger partial charge in [-0.05, 0) is 82.6 Å². The van der Waals surface area contributed by atoms with Gasteiger partial charge in [0.1, 0.15) is 12.4 Å². The number of halogens is 1. The maximum Gasteiger partial charge on any atom is 0.336 e. The van der Waals surface area contributed by atoms with E-state index in [9.17, 15) is 18.3 Å². The molecule has 7 rings (SSSR count). The third-order valence-corrected chi connectivity index (χ3v) is 13.4. The molecule has 0 bridgehead atoms. The first-order valence-corrected chi connectivity index (χ1v) is 20.1. The van der Waals surface area contributed by atoms with Crippen LogP contribution in [0, 0.1) is 3.57 Å². The van der Waals surface area contributed by atoms with E-state index in [-0.39, 0.29) is 28.1 Å². The SMILES string of the molecule is CC1Cc2c(OCc3ccc(-c4ccccc4)cn3)ccc3c2c(c(CSc2ccccc2C(=O)O)n3S(=O)(=O)c2ccc(N=[N+]=[N-])c(I)c2)S1. The summed E-state index contributed by atoms with van der Waals surface area (Å²) < 4.78 is 37.6. The van der Waals surface area contributed by atoms with Gasteiger partial charge in [0.15, 0.2) is 0 Å². The van der Waals surface area contributed by atoms with Gasteiger partial charge in [0, 0.05) is 52.0 Å². The van der Waals surface area contributed by atoms with Gasteiger partial charge in [0.05, 0.1) is 33.1 Å². The van der Waals surface area contributed by atoms with Crippen LogP contribution in [0.2, 0.25) is 0 Å². The van der Waals surface area contributed by atoms with Crippen molar-refractivity contribution in [2.75, 3.05) is 0 Å². The number of carboxylic acid groups (broad SMARTS) is 1. The molecule has 1 aliphatic rings. The first kappa shape index (κ1) is 35.0. The lowest BCUT2D eigenvalue weighted by molar-refractivity contribution is 0.0693. The fraction of sp³-hybridized carbons (Fsp3) is 0.135. The van der Waals surface area contributed by atoms with E-state index in [0.29, 0.717) is 37.5 Å². The lowest BCUT2D eigenvalue weighted by atomic mass is 10.0. The summed E-state index contributed by atoms with van der Waals surface area (Å²) in [5.74, 6) is -0.212. The van der Waals surface area contributed by atoms with Crippen LogP contribution >= 0.6 is 46.1 Å². The predicted octanol–water partition coefficient (Wildman–Crippen LogP) is 10.1. The molecule has 6 aromatic rings. The number of carboxylic acids is 1. The molecule has 0 fully saturated rings. The van der Waals surface area contributed by atoms with Crippen molar-refractivity contribution in [1.82, 2.24) is 8.96 Å². The van der Waals surface area contributed by atoms with Gasteiger partial charge in [0.2, 0.25) is 0 Å². The molecule has 14 heteroatoms. The van der Waals surface area contributed by atoms with Crippen LogP contribution in [0.4, 0.5) is 5.69 Å². The number of benzene rings is 4. The van der Waals surface area contributed by atoms with Crippen molar-refractivity contribution in [3.05, 3.63) is 140 Å². The Hall–Kier alpha value is -4.47. The standard InChI is InChI=1S/C37H28IN5O5S3/c1-22-17-28-33(48-20-25-12-11-24(19-40-25)23-7-3-2-4-8-23)16-15-31-35(28)36(50-22)32(21-49-34-10-6-5-9-27(34)37(44)45)43(31)51(46,47)26-13-14-30(41-42-39)29(38)18-26/h2-16,18-19,22H,17,20-21H2,1H3,(H,44,45). The molecule has 1 atom stereocenters. The Morgan fingerprint density at radius 1 is 1.08 bits per heavy atom. The largest absolute Gasteiger partial charge is 0.487 e. The molecule has 2 aromatic heterocycles. The summed E-state index contributed by atoms with van der Waals surface area (Å²) in [5.41, 5.74) is 14.2. The zero-order valence-electron chi connectivity index (χ0n) is 26.9. The van der Waals surface area contributed by atoms with Gasteiger partial charge >= 0.3 is 5.97 Å². The van der Waals surface area contributed by atoms with E-state index in [1.165, 1.54) is 40.0 Å². The molecule has 0 spiro atoms. The number of hydrogen-bond acceptors (Lipinski definition) is 8. The molecular formula is C37H28IN5O5S3. The van der Waals surface area contributed by atoms with E-state index < -0.39 is 16.0 Å². The lowest BCUT2D eigenvalue weighted by Crippen LogP contribution is -2.16. The molecule has 1 aliphatic heterocycles. The molecule has 0 saturated carbocycles. The molecule has 4 aromatic carbocycles. The molecule has 256 valence electrons. The number of carbonyl (C=O) groups is 1. The Kier molecular flexibility index (Phi) is 10.0. The van der Waals surface area contributed by atoms with Crippen LogP contribution in [-0.2, 0) is 28.8 Å². The van der Waals surface area contributed by atoms with Gasteiger partial charge in [-0.2, -0.15) is 0 Å². The first-order chi connectivity index (χ1) is 24.7. The van der Waals surface area contributed by atoms with Crippen LogP contribution in [-0.4, -0.2) is 33.7 Å². The highest BCUT2D eigenvalue weighted by atomic mass is 127. The van der Waals surface area contributed by atoms with Crippen LogP contribution in [0.5, 0.6) is 5.75 Å². The lowest BCUT2D eigenvalue weighted by Gasteiger charge is -2.22. The summed E-state index contributed by atoms with van der Waals surface area (Å²) in [6.07, 6.45) is 2.48. The van der Waals surface area contributed by atoms with Gasteiger partial charge in [-0.15, -0.1) is 23.5 Å². The average molecular weight is 846 g/mol. The van der Waals surface area contributed by atoms with Crippen molar-refractivity contribution in [2.24, 2.45) is 5.11 Å². The average Bonchev–Trinajstić information content (AvgIpc) is 3.46. The van der Waals surface area contributed by atoms with Crippen molar-refractivity contribution in [2.45, 2.75) is 45.6 Å². The van der Waals surface area contributed by atoms with Gasteiger partial charge in [-0.1, -0.05) is 66.6 Å². The molecule has 1 N–H and O–H groups in total. The van der Waals surface area contributed by atoms with E-state index in [0.717, 1.165) is 32.7 Å². The first-order valence-electron chi connectivity index (χ1n) is 15.7. The molecular weight excluding hydrogens is 818 g/mol. The zero-order valence-corrected chi connectivity index (χ0v) is 31.5. The smallest absolute Gasteiger partial charge is 0.336 e. The number of pyridine rings is 1. The molecule has 1 unspecified atom stereocenters. The predicted molar refractivity (Wildman–Crippen MR) is 208 cm³/mol. The van der Waals surface area contributed by atoms with E-state index >= 15 is 0 Å². The number of ether oxygens (including phenoxy) is 1. The second kappa shape index (κ2) is 14.6. The number of rotatable bonds is 11. The number of nitrogens with zero attached hydrogens (tertiary/aromatic N) is 5. The highest BCUT2D eigenvalue weighted by molar-refractivity contribution is 14.1. The number of thioether (sulfide) groups is 2. The molecule has 51 heavy (non-hydrogen) atoms. The Labute approximate surface area is 316 Å². The second-order valence-electron chi connectivity index (χ2n) is 11.7. The Bertz CT molecular complexity index is 2470. The van der Waals surface area contributed by atoms with E-state index in [4.69, 9.17) is 10.3 Å². The van der Waals surface area contributed by atoms with Gasteiger partial charge in [0.25, 0.3) is 10.0 Å². The Morgan fingerprint density at radius 2 is 1.86 bits per heavy atom. The number of azide groups is 1. The van der Waals surface area contributed by atoms with Gasteiger partial charge in [-0.25, -0.2) is 17.2 Å². The molecule has 0 saturated heterocycles. The maximum absolute atomic E-state index is 14.6. The minimum atomic E-state index is -4.19. The van der Waals surface area contributed by atoms with Crippen molar-refractivity contribution in [3.8, 4) is 16.9 Å². The maximum atomic E-state index is 14.6. The fourth-order valence-corrected chi connectivity index (χ4v) is 11.1. The van der Waals surface area contributed by atoms with Gasteiger partial charge in [-0.3, -0.25) is 4.98 Å². The number of aromatic carboxylic acids is 1. The molecule has 3 heterocycles. The summed E-state index contributed by atoms with van der Waals surface area (Å²) >= 11 is 4.84. The van der Waals surface area contributed by atoms with E-state index in [1.54, 1.807) is 36.0 Å². The van der Waals surface area contributed by atoms with Crippen LogP contribution in [0.25, 0.3) is 32.5 Å². The molecule has 10 nitrogen and oxygen atoms in total. The van der Waals surface area contributed by atoms with Crippen LogP contribution in [0.15, 0.2) is 123 Å². The van der Waals surface area contributed by atoms with Crippen LogP contribution in [0.1, 0.15) is 34.2 Å². The molecule has 0 aliphatic carbocycles. The molecule has 0 radical (unpaired) electrons. The summed E-state index contributed by atoms with van der Waals surface area (Å²) in [7, 11) is -4.19. The topological polar surface area (TPSA) is 147 Å². The third kappa shape index (κ3) is 6.94. The van der Waals surface area contributed by atoms with Crippen LogP contribution < -0.4 is 4.74 Å². The minimum absolute atomic E-state index is 0.0358. The zero-order chi connectivity index (χ0) is 35.7. The third-order valence-electron chi connectivity index (χ3n) is 8.41. The van der Waals surface area contributed by atoms with Crippen molar-refractivity contribution in [1.29, 1.82) is 0 Å². The fourth-order valence-electron chi connectivity index (χ4n) is 6.08. The Morgan fingerprint density at radius 3 is 2.59 bits per heavy atom. The van der Waals surface area contributed by atoms with Gasteiger partial charge < -0.3 is 9.84 Å². The summed E-state index contributed by atoms with van der Waals surface area (Å²) in [5, 5.41) is 14.4. The summed E-state index contributed by atoms with van der Waals surface area (Å²) in [6, 6.07) is 28.7. The van der Waals surface area contributed by atoms with E-state index in [2.05, 4.69) is 21.9 Å². The van der Waals surface area contributed by atoms with Crippen LogP contribution in [0.3, 0.4) is 0 Å². The van der Waals surface area contributed by atoms with E-state index in [1.807, 2.05) is 77.3 Å². The van der Waals surface area contributed by atoms with Crippen molar-refractivity contribution < 1.29 is 23.1 Å². The van der Waals surface area contributed by atoms with Crippen molar-refractivity contribution >= 4 is 78.7 Å². The summed E-state index contributed by atoms with van der Waals surface area (Å²) in [6.45, 7) is 2.33. The highest BCUT2D eigenvalue weighted by Gasteiger charge is 2.33. The molecule has 0 amide bonds. The quantitative estimate of drug-likeness (QED) is 0.0446. The second-order valence-corrected chi connectivity index (χ2v) is 17.1. The minimum Gasteiger partial charge on any atom is -0.487 e. The normalized spacial score (nSPS) is 13.9. The number of hydrogen-bond donors (Lipinski definition) is 1.